The number of amides is 2. The van der Waals surface area contributed by atoms with Gasteiger partial charge in [0.25, 0.3) is 0 Å². The van der Waals surface area contributed by atoms with Crippen LogP contribution in [0.15, 0.2) is 18.5 Å². The lowest BCUT2D eigenvalue weighted by Crippen LogP contribution is -2.61. The number of aromatic nitrogens is 2. The maximum Gasteiger partial charge on any atom is 0.315 e. The van der Waals surface area contributed by atoms with E-state index in [0.29, 0.717) is 12.6 Å². The number of nitrogens with one attached hydrogen (secondary N) is 2. The van der Waals surface area contributed by atoms with Crippen molar-refractivity contribution >= 4 is 12.0 Å². The maximum absolute atomic E-state index is 12.7. The lowest BCUT2D eigenvalue weighted by Gasteiger charge is -2.56. The molecule has 6 heteroatoms. The van der Waals surface area contributed by atoms with Crippen LogP contribution in [-0.2, 0) is 0 Å². The Morgan fingerprint density at radius 2 is 1.77 bits per heavy atom. The van der Waals surface area contributed by atoms with Gasteiger partial charge in [0.1, 0.15) is 0 Å². The Morgan fingerprint density at radius 1 is 1.12 bits per heavy atom. The number of urea groups is 1. The second-order valence-corrected chi connectivity index (χ2v) is 9.07. The molecule has 1 aromatic heterocycles. The lowest BCUT2D eigenvalue weighted by molar-refractivity contribution is -0.0135. The van der Waals surface area contributed by atoms with Gasteiger partial charge >= 0.3 is 6.03 Å². The van der Waals surface area contributed by atoms with Crippen molar-refractivity contribution in [3.8, 4) is 0 Å². The second kappa shape index (κ2) is 6.39. The second-order valence-electron chi connectivity index (χ2n) is 9.07. The predicted octanol–water partition coefficient (Wildman–Crippen LogP) is 2.71. The summed E-state index contributed by atoms with van der Waals surface area (Å²) in [6, 6.07) is 2.15. The predicted molar refractivity (Wildman–Crippen MR) is 99.8 cm³/mol. The fourth-order valence-corrected chi connectivity index (χ4v) is 6.51. The highest BCUT2D eigenvalue weighted by Gasteiger charge is 2.51. The van der Waals surface area contributed by atoms with Gasteiger partial charge < -0.3 is 15.5 Å². The fourth-order valence-electron chi connectivity index (χ4n) is 6.51. The minimum absolute atomic E-state index is 0.0211. The van der Waals surface area contributed by atoms with Crippen molar-refractivity contribution in [2.75, 3.05) is 18.0 Å². The molecule has 1 atom stereocenters. The highest BCUT2D eigenvalue weighted by molar-refractivity contribution is 5.75. The summed E-state index contributed by atoms with van der Waals surface area (Å²) in [7, 11) is 0. The van der Waals surface area contributed by atoms with Crippen molar-refractivity contribution < 1.29 is 4.79 Å². The molecule has 2 heterocycles. The molecule has 1 aromatic rings. The van der Waals surface area contributed by atoms with Crippen LogP contribution >= 0.6 is 0 Å². The third kappa shape index (κ3) is 3.03. The van der Waals surface area contributed by atoms with Gasteiger partial charge in [0.05, 0.1) is 0 Å². The zero-order valence-electron chi connectivity index (χ0n) is 15.4. The molecule has 1 unspecified atom stereocenters. The van der Waals surface area contributed by atoms with Crippen LogP contribution < -0.4 is 15.5 Å². The first-order chi connectivity index (χ1) is 12.7. The molecule has 4 aliphatic carbocycles. The molecule has 2 amide bonds. The van der Waals surface area contributed by atoms with Crippen LogP contribution in [-0.4, -0.2) is 40.7 Å². The molecule has 1 aliphatic heterocycles. The SMILES string of the molecule is O=C(NCC1CCCN1c1ncccn1)NC12CC3CC(CC(C3)C1)C2. The molecule has 26 heavy (non-hydrogen) atoms. The fraction of sp³-hybridized carbons (Fsp3) is 0.750. The summed E-state index contributed by atoms with van der Waals surface area (Å²) >= 11 is 0. The first-order valence-electron chi connectivity index (χ1n) is 10.3. The van der Waals surface area contributed by atoms with Gasteiger partial charge in [-0.1, -0.05) is 0 Å². The number of hydrogen-bond donors (Lipinski definition) is 2. The van der Waals surface area contributed by atoms with Crippen LogP contribution in [0.1, 0.15) is 51.4 Å². The third-order valence-corrected chi connectivity index (χ3v) is 7.10. The Balaban J connectivity index is 1.18. The topological polar surface area (TPSA) is 70.2 Å². The number of nitrogens with zero attached hydrogens (tertiary/aromatic N) is 3. The third-order valence-electron chi connectivity index (χ3n) is 7.10. The van der Waals surface area contributed by atoms with E-state index in [4.69, 9.17) is 0 Å². The molecule has 140 valence electrons. The Labute approximate surface area is 155 Å². The van der Waals surface area contributed by atoms with Gasteiger partial charge in [-0.3, -0.25) is 0 Å². The summed E-state index contributed by atoms with van der Waals surface area (Å²) in [6.07, 6.45) is 13.6. The van der Waals surface area contributed by atoms with Gasteiger partial charge in [0.15, 0.2) is 0 Å². The molecule has 4 saturated carbocycles. The van der Waals surface area contributed by atoms with Gasteiger partial charge in [0, 0.05) is 37.1 Å². The molecular weight excluding hydrogens is 326 g/mol. The summed E-state index contributed by atoms with van der Waals surface area (Å²) in [5.41, 5.74) is 0.0801. The van der Waals surface area contributed by atoms with Crippen LogP contribution in [0, 0.1) is 17.8 Å². The molecule has 4 bridgehead atoms. The standard InChI is InChI=1S/C20H29N5O/c26-19(24-20-10-14-7-15(11-20)9-16(8-14)12-20)23-13-17-3-1-6-25(17)18-21-4-2-5-22-18/h2,4-5,14-17H,1,3,6-13H2,(H2,23,24,26). The first-order valence-corrected chi connectivity index (χ1v) is 10.3. The Hall–Kier alpha value is -1.85. The smallest absolute Gasteiger partial charge is 0.315 e. The van der Waals surface area contributed by atoms with E-state index in [2.05, 4.69) is 25.5 Å². The van der Waals surface area contributed by atoms with Crippen LogP contribution in [0.5, 0.6) is 0 Å². The minimum atomic E-state index is 0.0211. The van der Waals surface area contributed by atoms with Crippen molar-refractivity contribution in [2.24, 2.45) is 17.8 Å². The molecule has 5 aliphatic rings. The van der Waals surface area contributed by atoms with E-state index in [1.165, 1.54) is 38.5 Å². The normalized spacial score (nSPS) is 37.8. The molecule has 0 spiro atoms. The van der Waals surface area contributed by atoms with Crippen molar-refractivity contribution in [1.82, 2.24) is 20.6 Å². The van der Waals surface area contributed by atoms with E-state index < -0.39 is 0 Å². The zero-order chi connectivity index (χ0) is 17.6. The Bertz CT molecular complexity index is 628. The summed E-state index contributed by atoms with van der Waals surface area (Å²) in [5.74, 6) is 3.32. The van der Waals surface area contributed by atoms with E-state index in [1.54, 1.807) is 12.4 Å². The van der Waals surface area contributed by atoms with E-state index >= 15 is 0 Å². The Morgan fingerprint density at radius 3 is 2.42 bits per heavy atom. The number of carbonyl (C=O) groups is 1. The molecule has 5 fully saturated rings. The summed E-state index contributed by atoms with van der Waals surface area (Å²) in [4.78, 5) is 23.6. The summed E-state index contributed by atoms with van der Waals surface area (Å²) < 4.78 is 0. The molecule has 1 saturated heterocycles. The van der Waals surface area contributed by atoms with Crippen molar-refractivity contribution in [3.63, 3.8) is 0 Å². The largest absolute Gasteiger partial charge is 0.336 e. The van der Waals surface area contributed by atoms with Crippen molar-refractivity contribution in [3.05, 3.63) is 18.5 Å². The van der Waals surface area contributed by atoms with E-state index in [1.807, 2.05) is 6.07 Å². The van der Waals surface area contributed by atoms with Crippen LogP contribution in [0.3, 0.4) is 0 Å². The van der Waals surface area contributed by atoms with Gasteiger partial charge in [0.2, 0.25) is 5.95 Å². The first kappa shape index (κ1) is 16.3. The number of anilines is 1. The average molecular weight is 355 g/mol. The minimum Gasteiger partial charge on any atom is -0.336 e. The molecule has 0 radical (unpaired) electrons. The van der Waals surface area contributed by atoms with E-state index in [9.17, 15) is 4.79 Å². The van der Waals surface area contributed by atoms with Gasteiger partial charge in [-0.05, 0) is 75.2 Å². The van der Waals surface area contributed by atoms with Crippen LogP contribution in [0.2, 0.25) is 0 Å². The van der Waals surface area contributed by atoms with Gasteiger partial charge in [-0.25, -0.2) is 14.8 Å². The average Bonchev–Trinajstić information content (AvgIpc) is 3.08. The molecule has 6 nitrogen and oxygen atoms in total. The molecule has 6 rings (SSSR count). The van der Waals surface area contributed by atoms with E-state index in [0.717, 1.165) is 43.1 Å². The quantitative estimate of drug-likeness (QED) is 0.871. The van der Waals surface area contributed by atoms with Crippen molar-refractivity contribution in [1.29, 1.82) is 0 Å². The molecular formula is C20H29N5O. The highest BCUT2D eigenvalue weighted by atomic mass is 16.2. The zero-order valence-corrected chi connectivity index (χ0v) is 15.4. The monoisotopic (exact) mass is 355 g/mol. The van der Waals surface area contributed by atoms with Crippen LogP contribution in [0.4, 0.5) is 10.7 Å². The number of rotatable bonds is 4. The molecule has 2 N–H and O–H groups in total. The van der Waals surface area contributed by atoms with E-state index in [-0.39, 0.29) is 11.6 Å². The van der Waals surface area contributed by atoms with Crippen molar-refractivity contribution in [2.45, 2.75) is 62.9 Å². The lowest BCUT2D eigenvalue weighted by atomic mass is 9.53. The summed E-state index contributed by atoms with van der Waals surface area (Å²) in [5, 5.41) is 6.56. The van der Waals surface area contributed by atoms with Crippen LogP contribution in [0.25, 0.3) is 0 Å². The summed E-state index contributed by atoms with van der Waals surface area (Å²) in [6.45, 7) is 1.63. The number of carbonyl (C=O) groups excluding carboxylic acids is 1. The highest BCUT2D eigenvalue weighted by Crippen LogP contribution is 2.55. The Kier molecular flexibility index (Phi) is 4.02. The molecule has 0 aromatic carbocycles. The maximum atomic E-state index is 12.7. The number of hydrogen-bond acceptors (Lipinski definition) is 4. The van der Waals surface area contributed by atoms with Gasteiger partial charge in [-0.15, -0.1) is 0 Å². The van der Waals surface area contributed by atoms with Gasteiger partial charge in [-0.2, -0.15) is 0 Å².